The quantitative estimate of drug-likeness (QED) is 0.427. The standard InChI is InChI=1S/C27H35N7O5S/c1-16(2)39-26(36)34-15-19(23(31-34)37-6)29-25-28-14-17(3)21(30-25)20-13-18-22(40-20)27(4,5)33(24(18)35)8-7-32-9-11-38-12-10-32/h13-16H,7-12H2,1-6H3,(H,28,29,30). The molecule has 214 valence electrons. The first-order valence-electron chi connectivity index (χ1n) is 13.3. The molecule has 1 N–H and O–H groups in total. The van der Waals surface area contributed by atoms with Crippen LogP contribution in [0.1, 0.15) is 48.5 Å². The van der Waals surface area contributed by atoms with Crippen molar-refractivity contribution in [2.24, 2.45) is 0 Å². The van der Waals surface area contributed by atoms with Gasteiger partial charge in [-0.05, 0) is 46.2 Å². The van der Waals surface area contributed by atoms with Crippen molar-refractivity contribution in [3.8, 4) is 16.5 Å². The first-order valence-corrected chi connectivity index (χ1v) is 14.1. The van der Waals surface area contributed by atoms with Gasteiger partial charge < -0.3 is 24.4 Å². The molecule has 12 nitrogen and oxygen atoms in total. The number of morpholine rings is 1. The number of ether oxygens (including phenoxy) is 3. The fourth-order valence-electron chi connectivity index (χ4n) is 4.91. The van der Waals surface area contributed by atoms with Gasteiger partial charge in [0.15, 0.2) is 0 Å². The number of hydrogen-bond acceptors (Lipinski definition) is 11. The normalized spacial score (nSPS) is 16.9. The maximum Gasteiger partial charge on any atom is 0.435 e. The molecule has 2 aliphatic heterocycles. The smallest absolute Gasteiger partial charge is 0.435 e. The van der Waals surface area contributed by atoms with Gasteiger partial charge >= 0.3 is 6.09 Å². The molecule has 5 rings (SSSR count). The van der Waals surface area contributed by atoms with Gasteiger partial charge in [-0.25, -0.2) is 14.8 Å². The van der Waals surface area contributed by atoms with Crippen molar-refractivity contribution < 1.29 is 23.8 Å². The van der Waals surface area contributed by atoms with Crippen LogP contribution in [0.25, 0.3) is 10.6 Å². The molecule has 3 aromatic rings. The largest absolute Gasteiger partial charge is 0.478 e. The fraction of sp³-hybridized carbons (Fsp3) is 0.519. The van der Waals surface area contributed by atoms with Gasteiger partial charge in [-0.3, -0.25) is 9.69 Å². The van der Waals surface area contributed by atoms with Gasteiger partial charge in [0, 0.05) is 37.3 Å². The Labute approximate surface area is 237 Å². The molecule has 3 aromatic heterocycles. The van der Waals surface area contributed by atoms with E-state index in [0.29, 0.717) is 18.2 Å². The molecular weight excluding hydrogens is 534 g/mol. The lowest BCUT2D eigenvalue weighted by molar-refractivity contribution is 0.0263. The van der Waals surface area contributed by atoms with Crippen molar-refractivity contribution in [3.63, 3.8) is 0 Å². The number of rotatable bonds is 8. The molecule has 0 bridgehead atoms. The van der Waals surface area contributed by atoms with Crippen LogP contribution in [-0.2, 0) is 15.0 Å². The van der Waals surface area contributed by atoms with Crippen LogP contribution in [0.15, 0.2) is 18.5 Å². The monoisotopic (exact) mass is 569 g/mol. The van der Waals surface area contributed by atoms with Gasteiger partial charge in [0.25, 0.3) is 11.8 Å². The predicted octanol–water partition coefficient (Wildman–Crippen LogP) is 3.88. The first kappa shape index (κ1) is 28.0. The SMILES string of the molecule is COc1nn(C(=O)OC(C)C)cc1Nc1ncc(C)c(-c2cc3c(s2)C(C)(C)N(CCN2CCOCC2)C3=O)n1. The second-order valence-corrected chi connectivity index (χ2v) is 11.7. The van der Waals surface area contributed by atoms with E-state index in [4.69, 9.17) is 19.2 Å². The molecule has 5 heterocycles. The molecule has 1 amide bonds. The molecular formula is C27H35N7O5S. The summed E-state index contributed by atoms with van der Waals surface area (Å²) in [6.45, 7) is 14.4. The van der Waals surface area contributed by atoms with E-state index in [2.05, 4.69) is 34.1 Å². The lowest BCUT2D eigenvalue weighted by atomic mass is 10.0. The number of fused-ring (bicyclic) bond motifs is 1. The van der Waals surface area contributed by atoms with E-state index >= 15 is 0 Å². The zero-order valence-corrected chi connectivity index (χ0v) is 24.5. The highest BCUT2D eigenvalue weighted by atomic mass is 32.1. The second kappa shape index (κ2) is 11.1. The van der Waals surface area contributed by atoms with Gasteiger partial charge in [0.1, 0.15) is 5.69 Å². The van der Waals surface area contributed by atoms with Crippen LogP contribution >= 0.6 is 11.3 Å². The zero-order chi connectivity index (χ0) is 28.6. The van der Waals surface area contributed by atoms with Crippen molar-refractivity contribution in [3.05, 3.63) is 34.5 Å². The minimum Gasteiger partial charge on any atom is -0.478 e. The van der Waals surface area contributed by atoms with Crippen molar-refractivity contribution >= 4 is 35.0 Å². The number of aryl methyl sites for hydroxylation is 1. The van der Waals surface area contributed by atoms with Crippen molar-refractivity contribution in [2.75, 3.05) is 51.8 Å². The molecule has 0 aliphatic carbocycles. The summed E-state index contributed by atoms with van der Waals surface area (Å²) in [6, 6.07) is 1.94. The molecule has 13 heteroatoms. The highest BCUT2D eigenvalue weighted by Crippen LogP contribution is 2.46. The first-order chi connectivity index (χ1) is 19.1. The number of anilines is 2. The van der Waals surface area contributed by atoms with E-state index in [9.17, 15) is 9.59 Å². The highest BCUT2D eigenvalue weighted by Gasteiger charge is 2.45. The van der Waals surface area contributed by atoms with Crippen molar-refractivity contribution in [1.82, 2.24) is 29.5 Å². The minimum absolute atomic E-state index is 0.0475. The summed E-state index contributed by atoms with van der Waals surface area (Å²) in [5.41, 5.74) is 2.33. The Kier molecular flexibility index (Phi) is 7.80. The minimum atomic E-state index is -0.619. The lowest BCUT2D eigenvalue weighted by Crippen LogP contribution is -2.46. The Morgan fingerprint density at radius 3 is 2.67 bits per heavy atom. The van der Waals surface area contributed by atoms with Gasteiger partial charge in [-0.2, -0.15) is 4.68 Å². The number of carbonyl (C=O) groups is 2. The number of amides is 1. The second-order valence-electron chi connectivity index (χ2n) is 10.6. The van der Waals surface area contributed by atoms with Gasteiger partial charge in [-0.15, -0.1) is 16.4 Å². The van der Waals surface area contributed by atoms with Crippen LogP contribution in [0.4, 0.5) is 16.4 Å². The molecule has 0 spiro atoms. The maximum absolute atomic E-state index is 13.5. The van der Waals surface area contributed by atoms with E-state index in [0.717, 1.165) is 64.1 Å². The topological polar surface area (TPSA) is 124 Å². The van der Waals surface area contributed by atoms with E-state index in [-0.39, 0.29) is 17.9 Å². The van der Waals surface area contributed by atoms with Crippen molar-refractivity contribution in [1.29, 1.82) is 0 Å². The molecule has 0 atom stereocenters. The highest BCUT2D eigenvalue weighted by molar-refractivity contribution is 7.16. The molecule has 1 fully saturated rings. The summed E-state index contributed by atoms with van der Waals surface area (Å²) in [5, 5.41) is 7.23. The zero-order valence-electron chi connectivity index (χ0n) is 23.7. The lowest BCUT2D eigenvalue weighted by Gasteiger charge is -2.35. The summed E-state index contributed by atoms with van der Waals surface area (Å²) in [6.07, 6.45) is 2.29. The summed E-state index contributed by atoms with van der Waals surface area (Å²) in [4.78, 5) is 41.2. The van der Waals surface area contributed by atoms with Crippen LogP contribution in [0.3, 0.4) is 0 Å². The van der Waals surface area contributed by atoms with E-state index in [1.807, 2.05) is 17.9 Å². The Balaban J connectivity index is 1.36. The Morgan fingerprint density at radius 2 is 2.00 bits per heavy atom. The van der Waals surface area contributed by atoms with Crippen molar-refractivity contribution in [2.45, 2.75) is 46.3 Å². The fourth-order valence-corrected chi connectivity index (χ4v) is 6.22. The average Bonchev–Trinajstić information content (AvgIpc) is 3.59. The number of nitrogens with zero attached hydrogens (tertiary/aromatic N) is 6. The maximum atomic E-state index is 13.5. The van der Waals surface area contributed by atoms with Crippen LogP contribution in [0.2, 0.25) is 0 Å². The third kappa shape index (κ3) is 5.40. The third-order valence-corrected chi connectivity index (χ3v) is 8.49. The molecule has 1 saturated heterocycles. The third-order valence-electron chi connectivity index (χ3n) is 7.03. The molecule has 40 heavy (non-hydrogen) atoms. The summed E-state index contributed by atoms with van der Waals surface area (Å²) in [5.74, 6) is 0.555. The number of aromatic nitrogens is 4. The molecule has 0 aromatic carbocycles. The summed E-state index contributed by atoms with van der Waals surface area (Å²) < 4.78 is 17.1. The number of carbonyl (C=O) groups excluding carboxylic acids is 2. The predicted molar refractivity (Wildman–Crippen MR) is 150 cm³/mol. The number of hydrogen-bond donors (Lipinski definition) is 1. The van der Waals surface area contributed by atoms with E-state index in [1.165, 1.54) is 13.3 Å². The van der Waals surface area contributed by atoms with Crippen LogP contribution in [-0.4, -0.2) is 94.2 Å². The number of thiophene rings is 1. The van der Waals surface area contributed by atoms with Gasteiger partial charge in [0.2, 0.25) is 5.95 Å². The molecule has 2 aliphatic rings. The average molecular weight is 570 g/mol. The molecule has 0 radical (unpaired) electrons. The summed E-state index contributed by atoms with van der Waals surface area (Å²) in [7, 11) is 1.46. The van der Waals surface area contributed by atoms with Gasteiger partial charge in [-0.1, -0.05) is 0 Å². The van der Waals surface area contributed by atoms with Crippen LogP contribution in [0.5, 0.6) is 5.88 Å². The van der Waals surface area contributed by atoms with Crippen LogP contribution < -0.4 is 10.1 Å². The van der Waals surface area contributed by atoms with Crippen LogP contribution in [0, 0.1) is 6.92 Å². The van der Waals surface area contributed by atoms with E-state index in [1.54, 1.807) is 31.4 Å². The Morgan fingerprint density at radius 1 is 1.25 bits per heavy atom. The molecule has 0 unspecified atom stereocenters. The Bertz CT molecular complexity index is 1410. The van der Waals surface area contributed by atoms with E-state index < -0.39 is 11.6 Å². The molecule has 0 saturated carbocycles. The van der Waals surface area contributed by atoms with Gasteiger partial charge in [0.05, 0.1) is 54.3 Å². The Hall–Kier alpha value is -3.55. The summed E-state index contributed by atoms with van der Waals surface area (Å²) >= 11 is 1.58. The number of nitrogens with one attached hydrogen (secondary N) is 1. The number of methoxy groups -OCH3 is 1.